The molecular formula is C20H24Cl3N3O. The van der Waals surface area contributed by atoms with Crippen LogP contribution in [0.1, 0.15) is 46.8 Å². The molecule has 3 N–H and O–H groups in total. The maximum Gasteiger partial charge on any atom is 0.251 e. The lowest BCUT2D eigenvalue weighted by Crippen LogP contribution is -2.29. The number of nitrogen functional groups attached to an aromatic ring is 1. The average Bonchev–Trinajstić information content (AvgIpc) is 2.64. The monoisotopic (exact) mass is 427 g/mol. The molecule has 0 unspecified atom stereocenters. The van der Waals surface area contributed by atoms with Gasteiger partial charge in [0.2, 0.25) is 0 Å². The topological polar surface area (TPSA) is 58.4 Å². The molecule has 0 spiro atoms. The summed E-state index contributed by atoms with van der Waals surface area (Å²) in [6, 6.07) is 12.0. The van der Waals surface area contributed by atoms with E-state index in [2.05, 4.69) is 41.5 Å². The van der Waals surface area contributed by atoms with Crippen LogP contribution in [0, 0.1) is 0 Å². The molecule has 1 saturated heterocycles. The van der Waals surface area contributed by atoms with Crippen molar-refractivity contribution in [3.05, 3.63) is 63.1 Å². The van der Waals surface area contributed by atoms with Gasteiger partial charge >= 0.3 is 0 Å². The van der Waals surface area contributed by atoms with Crippen molar-refractivity contribution in [1.29, 1.82) is 0 Å². The SMILES string of the molecule is CN1CCCC[C@@H]1c1ccc(CNC(=O)c2cc(Cl)c(N)c(Cl)c2)cc1.Cl. The van der Waals surface area contributed by atoms with E-state index < -0.39 is 0 Å². The van der Waals surface area contributed by atoms with E-state index in [1.54, 1.807) is 0 Å². The van der Waals surface area contributed by atoms with Gasteiger partial charge in [-0.05, 0) is 49.7 Å². The van der Waals surface area contributed by atoms with E-state index in [-0.39, 0.29) is 34.0 Å². The smallest absolute Gasteiger partial charge is 0.251 e. The number of carbonyl (C=O) groups excluding carboxylic acids is 1. The quantitative estimate of drug-likeness (QED) is 0.667. The van der Waals surface area contributed by atoms with Crippen LogP contribution in [0.2, 0.25) is 10.0 Å². The van der Waals surface area contributed by atoms with Gasteiger partial charge in [-0.3, -0.25) is 9.69 Å². The van der Waals surface area contributed by atoms with Crippen LogP contribution in [0.3, 0.4) is 0 Å². The molecule has 0 bridgehead atoms. The highest BCUT2D eigenvalue weighted by atomic mass is 35.5. The third-order valence-corrected chi connectivity index (χ3v) is 5.55. The van der Waals surface area contributed by atoms with E-state index in [1.807, 2.05) is 0 Å². The zero-order valence-electron chi connectivity index (χ0n) is 15.2. The lowest BCUT2D eigenvalue weighted by Gasteiger charge is -2.32. The molecule has 146 valence electrons. The van der Waals surface area contributed by atoms with Crippen molar-refractivity contribution < 1.29 is 4.79 Å². The first kappa shape index (κ1) is 21.8. The van der Waals surface area contributed by atoms with Crippen molar-refractivity contribution in [2.75, 3.05) is 19.3 Å². The summed E-state index contributed by atoms with van der Waals surface area (Å²) in [5.41, 5.74) is 8.77. The fourth-order valence-corrected chi connectivity index (χ4v) is 3.84. The first-order valence-corrected chi connectivity index (χ1v) is 9.53. The van der Waals surface area contributed by atoms with Crippen molar-refractivity contribution in [2.45, 2.75) is 31.8 Å². The van der Waals surface area contributed by atoms with Gasteiger partial charge < -0.3 is 11.1 Å². The fraction of sp³-hybridized carbons (Fsp3) is 0.350. The van der Waals surface area contributed by atoms with E-state index in [9.17, 15) is 4.79 Å². The Hall–Kier alpha value is -1.46. The molecule has 2 aromatic rings. The van der Waals surface area contributed by atoms with Crippen molar-refractivity contribution in [3.63, 3.8) is 0 Å². The van der Waals surface area contributed by atoms with Gasteiger partial charge in [-0.1, -0.05) is 53.9 Å². The lowest BCUT2D eigenvalue weighted by molar-refractivity contribution is 0.0951. The normalized spacial score (nSPS) is 17.2. The van der Waals surface area contributed by atoms with Crippen LogP contribution in [0.25, 0.3) is 0 Å². The molecule has 1 amide bonds. The Bertz CT molecular complexity index is 773. The zero-order valence-corrected chi connectivity index (χ0v) is 17.5. The van der Waals surface area contributed by atoms with Gasteiger partial charge in [-0.25, -0.2) is 0 Å². The second kappa shape index (κ2) is 9.65. The van der Waals surface area contributed by atoms with E-state index in [0.717, 1.165) is 12.1 Å². The Balaban J connectivity index is 0.00000261. The van der Waals surface area contributed by atoms with Gasteiger partial charge in [0.15, 0.2) is 0 Å². The number of piperidine rings is 1. The molecule has 0 saturated carbocycles. The van der Waals surface area contributed by atoms with Crippen molar-refractivity contribution in [3.8, 4) is 0 Å². The molecule has 1 atom stereocenters. The number of carbonyl (C=O) groups is 1. The number of nitrogens with two attached hydrogens (primary N) is 1. The Labute approximate surface area is 176 Å². The molecule has 1 heterocycles. The molecule has 1 aliphatic heterocycles. The van der Waals surface area contributed by atoms with Gasteiger partial charge in [0.25, 0.3) is 5.91 Å². The molecule has 4 nitrogen and oxygen atoms in total. The number of nitrogens with zero attached hydrogens (tertiary/aromatic N) is 1. The van der Waals surface area contributed by atoms with E-state index in [1.165, 1.54) is 37.0 Å². The van der Waals surface area contributed by atoms with E-state index in [4.69, 9.17) is 28.9 Å². The van der Waals surface area contributed by atoms with Crippen LogP contribution >= 0.6 is 35.6 Å². The summed E-state index contributed by atoms with van der Waals surface area (Å²) in [4.78, 5) is 14.7. The van der Waals surface area contributed by atoms with Crippen molar-refractivity contribution in [1.82, 2.24) is 10.2 Å². The Morgan fingerprint density at radius 3 is 2.41 bits per heavy atom. The summed E-state index contributed by atoms with van der Waals surface area (Å²) in [6.45, 7) is 1.59. The van der Waals surface area contributed by atoms with Crippen LogP contribution in [0.4, 0.5) is 5.69 Å². The van der Waals surface area contributed by atoms with Gasteiger partial charge in [0.1, 0.15) is 0 Å². The molecular weight excluding hydrogens is 405 g/mol. The second-order valence-electron chi connectivity index (χ2n) is 6.77. The first-order chi connectivity index (χ1) is 12.5. The van der Waals surface area contributed by atoms with Gasteiger partial charge in [-0.2, -0.15) is 0 Å². The zero-order chi connectivity index (χ0) is 18.7. The first-order valence-electron chi connectivity index (χ1n) is 8.77. The number of rotatable bonds is 4. The number of hydrogen-bond donors (Lipinski definition) is 2. The van der Waals surface area contributed by atoms with Crippen LogP contribution < -0.4 is 11.1 Å². The van der Waals surface area contributed by atoms with Gasteiger partial charge in [-0.15, -0.1) is 12.4 Å². The minimum absolute atomic E-state index is 0. The molecule has 0 radical (unpaired) electrons. The minimum Gasteiger partial charge on any atom is -0.396 e. The van der Waals surface area contributed by atoms with Crippen molar-refractivity contribution >= 4 is 47.2 Å². The second-order valence-corrected chi connectivity index (χ2v) is 7.58. The molecule has 1 fully saturated rings. The van der Waals surface area contributed by atoms with E-state index >= 15 is 0 Å². The fourth-order valence-electron chi connectivity index (χ4n) is 3.35. The van der Waals surface area contributed by atoms with E-state index in [0.29, 0.717) is 18.2 Å². The minimum atomic E-state index is -0.232. The molecule has 2 aromatic carbocycles. The molecule has 7 heteroatoms. The van der Waals surface area contributed by atoms with Gasteiger partial charge in [0, 0.05) is 18.2 Å². The highest BCUT2D eigenvalue weighted by Gasteiger charge is 2.20. The largest absolute Gasteiger partial charge is 0.396 e. The Kier molecular flexibility index (Phi) is 7.80. The summed E-state index contributed by atoms with van der Waals surface area (Å²) in [7, 11) is 2.18. The highest BCUT2D eigenvalue weighted by Crippen LogP contribution is 2.30. The third kappa shape index (κ3) is 5.29. The number of nitrogens with one attached hydrogen (secondary N) is 1. The third-order valence-electron chi connectivity index (χ3n) is 4.93. The summed E-state index contributed by atoms with van der Waals surface area (Å²) < 4.78 is 0. The number of benzene rings is 2. The van der Waals surface area contributed by atoms with Crippen LogP contribution in [-0.2, 0) is 6.54 Å². The van der Waals surface area contributed by atoms with Crippen molar-refractivity contribution in [2.24, 2.45) is 0 Å². The molecule has 3 rings (SSSR count). The molecule has 0 aliphatic carbocycles. The maximum absolute atomic E-state index is 12.3. The molecule has 1 aliphatic rings. The predicted molar refractivity (Wildman–Crippen MR) is 115 cm³/mol. The number of hydrogen-bond acceptors (Lipinski definition) is 3. The van der Waals surface area contributed by atoms with Crippen LogP contribution in [-0.4, -0.2) is 24.4 Å². The van der Waals surface area contributed by atoms with Crippen LogP contribution in [0.15, 0.2) is 36.4 Å². The summed E-state index contributed by atoms with van der Waals surface area (Å²) >= 11 is 12.0. The lowest BCUT2D eigenvalue weighted by atomic mass is 9.95. The number of halogens is 3. The summed E-state index contributed by atoms with van der Waals surface area (Å²) in [5, 5.41) is 3.45. The Morgan fingerprint density at radius 1 is 1.19 bits per heavy atom. The Morgan fingerprint density at radius 2 is 1.81 bits per heavy atom. The maximum atomic E-state index is 12.3. The van der Waals surface area contributed by atoms with Gasteiger partial charge in [0.05, 0.1) is 15.7 Å². The summed E-state index contributed by atoms with van der Waals surface area (Å²) in [5.74, 6) is -0.232. The number of anilines is 1. The average molecular weight is 429 g/mol. The standard InChI is InChI=1S/C20H23Cl2N3O.ClH/c1-25-9-3-2-4-18(25)14-7-5-13(6-8-14)12-24-20(26)15-10-16(21)19(23)17(22)11-15;/h5-8,10-11,18H,2-4,9,12,23H2,1H3,(H,24,26);1H/t18-;/m1./s1. The number of amides is 1. The molecule has 0 aromatic heterocycles. The van der Waals surface area contributed by atoms with Crippen LogP contribution in [0.5, 0.6) is 0 Å². The molecule has 27 heavy (non-hydrogen) atoms. The summed E-state index contributed by atoms with van der Waals surface area (Å²) in [6.07, 6.45) is 3.75. The highest BCUT2D eigenvalue weighted by molar-refractivity contribution is 6.39. The predicted octanol–water partition coefficient (Wildman–Crippen LogP) is 5.08. The number of likely N-dealkylation sites (tertiary alicyclic amines) is 1.